The Hall–Kier alpha value is -1.27. The number of guanidine groups is 1. The summed E-state index contributed by atoms with van der Waals surface area (Å²) in [5.41, 5.74) is 7.91. The number of hydrogen-bond donors (Lipinski definition) is 2. The zero-order valence-electron chi connectivity index (χ0n) is 10.9. The third-order valence-electron chi connectivity index (χ3n) is 2.62. The zero-order valence-corrected chi connectivity index (χ0v) is 14.0. The van der Waals surface area contributed by atoms with Gasteiger partial charge in [0.15, 0.2) is 5.96 Å². The molecule has 0 unspecified atom stereocenters. The molecule has 3 nitrogen and oxygen atoms in total. The second kappa shape index (κ2) is 8.81. The van der Waals surface area contributed by atoms with E-state index in [1.165, 1.54) is 0 Å². The molecule has 0 amide bonds. The summed E-state index contributed by atoms with van der Waals surface area (Å²) in [7, 11) is 0. The number of nitrogens with one attached hydrogen (secondary N) is 1. The SMILES string of the molecule is I.NC(=NCCc1cccc(Cl)c1)Nc1ccccc1. The van der Waals surface area contributed by atoms with Crippen LogP contribution in [0.1, 0.15) is 5.56 Å². The molecule has 0 saturated heterocycles. The van der Waals surface area contributed by atoms with Gasteiger partial charge in [0.2, 0.25) is 0 Å². The van der Waals surface area contributed by atoms with Crippen LogP contribution < -0.4 is 11.1 Å². The summed E-state index contributed by atoms with van der Waals surface area (Å²) < 4.78 is 0. The fourth-order valence-corrected chi connectivity index (χ4v) is 1.92. The van der Waals surface area contributed by atoms with Crippen molar-refractivity contribution >= 4 is 47.2 Å². The highest BCUT2D eigenvalue weighted by atomic mass is 127. The molecular weight excluding hydrogens is 385 g/mol. The fourth-order valence-electron chi connectivity index (χ4n) is 1.71. The number of nitrogens with two attached hydrogens (primary N) is 1. The average Bonchev–Trinajstić information content (AvgIpc) is 2.40. The Morgan fingerprint density at radius 2 is 1.85 bits per heavy atom. The van der Waals surface area contributed by atoms with Crippen LogP contribution >= 0.6 is 35.6 Å². The number of hydrogen-bond acceptors (Lipinski definition) is 1. The molecule has 106 valence electrons. The maximum atomic E-state index is 5.92. The van der Waals surface area contributed by atoms with E-state index < -0.39 is 0 Å². The molecule has 20 heavy (non-hydrogen) atoms. The lowest BCUT2D eigenvalue weighted by molar-refractivity contribution is 0.965. The molecule has 0 aromatic heterocycles. The van der Waals surface area contributed by atoms with Crippen molar-refractivity contribution in [2.24, 2.45) is 10.7 Å². The number of anilines is 1. The first-order chi connectivity index (χ1) is 9.24. The smallest absolute Gasteiger partial charge is 0.193 e. The number of para-hydroxylation sites is 1. The largest absolute Gasteiger partial charge is 0.370 e. The molecule has 0 aliphatic rings. The van der Waals surface area contributed by atoms with Gasteiger partial charge in [-0.2, -0.15) is 0 Å². The van der Waals surface area contributed by atoms with Crippen LogP contribution in [0.25, 0.3) is 0 Å². The summed E-state index contributed by atoms with van der Waals surface area (Å²) >= 11 is 5.92. The van der Waals surface area contributed by atoms with Gasteiger partial charge >= 0.3 is 0 Å². The Bertz CT molecular complexity index is 558. The van der Waals surface area contributed by atoms with E-state index in [1.54, 1.807) is 0 Å². The van der Waals surface area contributed by atoms with Gasteiger partial charge in [-0.1, -0.05) is 41.9 Å². The third-order valence-corrected chi connectivity index (χ3v) is 2.85. The predicted molar refractivity (Wildman–Crippen MR) is 97.1 cm³/mol. The molecular formula is C15H17ClIN3. The normalized spacial score (nSPS) is 10.8. The molecule has 3 N–H and O–H groups in total. The molecule has 0 heterocycles. The lowest BCUT2D eigenvalue weighted by atomic mass is 10.1. The van der Waals surface area contributed by atoms with Crippen LogP contribution in [0, 0.1) is 0 Å². The molecule has 2 aromatic carbocycles. The maximum Gasteiger partial charge on any atom is 0.193 e. The fraction of sp³-hybridized carbons (Fsp3) is 0.133. The standard InChI is InChI=1S/C15H16ClN3.HI/c16-13-6-4-5-12(11-13)9-10-18-15(17)19-14-7-2-1-3-8-14;/h1-8,11H,9-10H2,(H3,17,18,19);1H. The van der Waals surface area contributed by atoms with Crippen LogP contribution in [-0.2, 0) is 6.42 Å². The molecule has 0 aliphatic carbocycles. The predicted octanol–water partition coefficient (Wildman–Crippen LogP) is 3.93. The second-order valence-electron chi connectivity index (χ2n) is 4.14. The van der Waals surface area contributed by atoms with E-state index in [0.29, 0.717) is 12.5 Å². The first-order valence-corrected chi connectivity index (χ1v) is 6.48. The van der Waals surface area contributed by atoms with Gasteiger partial charge in [-0.25, -0.2) is 0 Å². The van der Waals surface area contributed by atoms with Gasteiger partial charge in [0.1, 0.15) is 0 Å². The van der Waals surface area contributed by atoms with Gasteiger partial charge in [0, 0.05) is 17.3 Å². The van der Waals surface area contributed by atoms with E-state index in [-0.39, 0.29) is 24.0 Å². The summed E-state index contributed by atoms with van der Waals surface area (Å²) in [5, 5.41) is 3.79. The molecule has 0 spiro atoms. The first-order valence-electron chi connectivity index (χ1n) is 6.10. The number of benzene rings is 2. The van der Waals surface area contributed by atoms with Crippen molar-refractivity contribution in [1.29, 1.82) is 0 Å². The van der Waals surface area contributed by atoms with Gasteiger partial charge in [-0.05, 0) is 36.2 Å². The molecule has 0 aliphatic heterocycles. The number of aliphatic imine (C=N–C) groups is 1. The van der Waals surface area contributed by atoms with Crippen LogP contribution in [0.15, 0.2) is 59.6 Å². The van der Waals surface area contributed by atoms with Crippen molar-refractivity contribution in [3.63, 3.8) is 0 Å². The quantitative estimate of drug-likeness (QED) is 0.463. The summed E-state index contributed by atoms with van der Waals surface area (Å²) in [5.74, 6) is 0.424. The summed E-state index contributed by atoms with van der Waals surface area (Å²) in [4.78, 5) is 4.28. The van der Waals surface area contributed by atoms with Crippen molar-refractivity contribution in [2.75, 3.05) is 11.9 Å². The Morgan fingerprint density at radius 3 is 2.55 bits per heavy atom. The van der Waals surface area contributed by atoms with Gasteiger partial charge in [-0.15, -0.1) is 24.0 Å². The number of halogens is 2. The molecule has 0 radical (unpaired) electrons. The molecule has 0 saturated carbocycles. The van der Waals surface area contributed by atoms with Crippen LogP contribution in [0.3, 0.4) is 0 Å². The first kappa shape index (κ1) is 16.8. The summed E-state index contributed by atoms with van der Waals surface area (Å²) in [6.45, 7) is 0.631. The summed E-state index contributed by atoms with van der Waals surface area (Å²) in [6, 6.07) is 17.5. The molecule has 2 aromatic rings. The van der Waals surface area contributed by atoms with E-state index in [0.717, 1.165) is 22.7 Å². The van der Waals surface area contributed by atoms with Crippen molar-refractivity contribution < 1.29 is 0 Å². The van der Waals surface area contributed by atoms with E-state index in [9.17, 15) is 0 Å². The minimum Gasteiger partial charge on any atom is -0.370 e. The van der Waals surface area contributed by atoms with E-state index in [4.69, 9.17) is 17.3 Å². The minimum absolute atomic E-state index is 0. The zero-order chi connectivity index (χ0) is 13.5. The maximum absolute atomic E-state index is 5.92. The Labute approximate surface area is 141 Å². The molecule has 0 bridgehead atoms. The topological polar surface area (TPSA) is 50.4 Å². The van der Waals surface area contributed by atoms with Crippen molar-refractivity contribution in [3.05, 3.63) is 65.2 Å². The van der Waals surface area contributed by atoms with Crippen LogP contribution in [0.5, 0.6) is 0 Å². The third kappa shape index (κ3) is 5.79. The van der Waals surface area contributed by atoms with Gasteiger partial charge in [0.05, 0.1) is 0 Å². The monoisotopic (exact) mass is 401 g/mol. The van der Waals surface area contributed by atoms with E-state index >= 15 is 0 Å². The molecule has 5 heteroatoms. The Morgan fingerprint density at radius 1 is 1.10 bits per heavy atom. The Balaban J connectivity index is 0.00000200. The molecule has 2 rings (SSSR count). The lowest BCUT2D eigenvalue weighted by Gasteiger charge is -2.05. The Kier molecular flexibility index (Phi) is 7.40. The summed E-state index contributed by atoms with van der Waals surface area (Å²) in [6.07, 6.45) is 0.817. The van der Waals surface area contributed by atoms with Gasteiger partial charge < -0.3 is 11.1 Å². The van der Waals surface area contributed by atoms with E-state index in [1.807, 2.05) is 54.6 Å². The highest BCUT2D eigenvalue weighted by Gasteiger charge is 1.96. The average molecular weight is 402 g/mol. The molecule has 0 fully saturated rings. The van der Waals surface area contributed by atoms with Crippen LogP contribution in [-0.4, -0.2) is 12.5 Å². The number of nitrogens with zero attached hydrogens (tertiary/aromatic N) is 1. The minimum atomic E-state index is 0. The van der Waals surface area contributed by atoms with E-state index in [2.05, 4.69) is 10.3 Å². The van der Waals surface area contributed by atoms with Crippen LogP contribution in [0.2, 0.25) is 5.02 Å². The van der Waals surface area contributed by atoms with Gasteiger partial charge in [0.25, 0.3) is 0 Å². The van der Waals surface area contributed by atoms with Gasteiger partial charge in [-0.3, -0.25) is 4.99 Å². The van der Waals surface area contributed by atoms with Crippen LogP contribution in [0.4, 0.5) is 5.69 Å². The highest BCUT2D eigenvalue weighted by Crippen LogP contribution is 2.11. The molecule has 0 atom stereocenters. The second-order valence-corrected chi connectivity index (χ2v) is 4.57. The van der Waals surface area contributed by atoms with Crippen molar-refractivity contribution in [2.45, 2.75) is 6.42 Å². The highest BCUT2D eigenvalue weighted by molar-refractivity contribution is 14.0. The van der Waals surface area contributed by atoms with Crippen molar-refractivity contribution in [1.82, 2.24) is 0 Å². The number of rotatable bonds is 4. The van der Waals surface area contributed by atoms with Crippen molar-refractivity contribution in [3.8, 4) is 0 Å². The lowest BCUT2D eigenvalue weighted by Crippen LogP contribution is -2.23.